The summed E-state index contributed by atoms with van der Waals surface area (Å²) in [6.45, 7) is 6.44. The van der Waals surface area contributed by atoms with E-state index in [1.54, 1.807) is 7.11 Å². The average Bonchev–Trinajstić information content (AvgIpc) is 3.54. The van der Waals surface area contributed by atoms with E-state index in [4.69, 9.17) is 9.47 Å². The molecule has 2 aliphatic rings. The fourth-order valence-corrected chi connectivity index (χ4v) is 4.85. The second-order valence-electron chi connectivity index (χ2n) is 8.83. The Kier molecular flexibility index (Phi) is 6.95. The van der Waals surface area contributed by atoms with Crippen LogP contribution in [0.2, 0.25) is 0 Å². The van der Waals surface area contributed by atoms with E-state index >= 15 is 0 Å². The summed E-state index contributed by atoms with van der Waals surface area (Å²) < 4.78 is 13.2. The van der Waals surface area contributed by atoms with Gasteiger partial charge in [-0.3, -0.25) is 9.80 Å². The standard InChI is InChI=1S/C25H32N6O2/c1-32-22-11-9-21(10-12-22)24(25-26-27-28-31(25)19-23-8-5-17-33-23)30-15-13-29(14-16-30)18-20-6-3-2-4-7-20/h2-4,6-7,9-12,23-24H,5,8,13-19H2,1H3/t23-,24-/m0/s1. The number of methoxy groups -OCH3 is 1. The van der Waals surface area contributed by atoms with Crippen molar-refractivity contribution < 1.29 is 9.47 Å². The molecule has 2 aliphatic heterocycles. The Morgan fingerprint density at radius 3 is 2.52 bits per heavy atom. The van der Waals surface area contributed by atoms with Crippen LogP contribution in [0.4, 0.5) is 0 Å². The van der Waals surface area contributed by atoms with E-state index in [9.17, 15) is 0 Å². The van der Waals surface area contributed by atoms with Crippen molar-refractivity contribution in [2.24, 2.45) is 0 Å². The van der Waals surface area contributed by atoms with Gasteiger partial charge in [0, 0.05) is 39.3 Å². The highest BCUT2D eigenvalue weighted by atomic mass is 16.5. The predicted molar refractivity (Wildman–Crippen MR) is 125 cm³/mol. The highest BCUT2D eigenvalue weighted by Crippen LogP contribution is 2.30. The van der Waals surface area contributed by atoms with Gasteiger partial charge in [0.15, 0.2) is 5.82 Å². The van der Waals surface area contributed by atoms with Crippen molar-refractivity contribution in [1.29, 1.82) is 0 Å². The van der Waals surface area contributed by atoms with E-state index in [-0.39, 0.29) is 12.1 Å². The van der Waals surface area contributed by atoms with Gasteiger partial charge in [-0.05, 0) is 46.5 Å². The first-order valence-electron chi connectivity index (χ1n) is 11.8. The summed E-state index contributed by atoms with van der Waals surface area (Å²) >= 11 is 0. The molecule has 1 aromatic heterocycles. The maximum atomic E-state index is 5.86. The van der Waals surface area contributed by atoms with Crippen LogP contribution in [0.15, 0.2) is 54.6 Å². The summed E-state index contributed by atoms with van der Waals surface area (Å²) in [4.78, 5) is 5.02. The fourth-order valence-electron chi connectivity index (χ4n) is 4.85. The molecule has 0 aliphatic carbocycles. The summed E-state index contributed by atoms with van der Waals surface area (Å²) in [5.74, 6) is 1.73. The monoisotopic (exact) mass is 448 g/mol. The molecule has 0 N–H and O–H groups in total. The Hall–Kier alpha value is -2.81. The first-order chi connectivity index (χ1) is 16.3. The average molecular weight is 449 g/mol. The largest absolute Gasteiger partial charge is 0.497 e. The van der Waals surface area contributed by atoms with Crippen LogP contribution in [0.5, 0.6) is 5.75 Å². The number of hydrogen-bond donors (Lipinski definition) is 0. The van der Waals surface area contributed by atoms with Crippen molar-refractivity contribution in [2.75, 3.05) is 39.9 Å². The van der Waals surface area contributed by atoms with Crippen LogP contribution < -0.4 is 4.74 Å². The molecule has 8 nitrogen and oxygen atoms in total. The third-order valence-electron chi connectivity index (χ3n) is 6.66. The van der Waals surface area contributed by atoms with Gasteiger partial charge >= 0.3 is 0 Å². The zero-order valence-electron chi connectivity index (χ0n) is 19.2. The Labute approximate surface area is 195 Å². The molecule has 2 atom stereocenters. The minimum Gasteiger partial charge on any atom is -0.497 e. The van der Waals surface area contributed by atoms with Crippen LogP contribution in [0.1, 0.15) is 35.8 Å². The molecule has 0 bridgehead atoms. The van der Waals surface area contributed by atoms with Crippen LogP contribution in [-0.4, -0.2) is 76.0 Å². The molecule has 2 saturated heterocycles. The highest BCUT2D eigenvalue weighted by molar-refractivity contribution is 5.32. The SMILES string of the molecule is COc1ccc([C@@H](c2nnnn2C[C@@H]2CCCO2)N2CCN(Cc3ccccc3)CC2)cc1. The summed E-state index contributed by atoms with van der Waals surface area (Å²) in [5, 5.41) is 12.9. The Bertz CT molecular complexity index is 995. The molecule has 5 rings (SSSR count). The molecular weight excluding hydrogens is 416 g/mol. The lowest BCUT2D eigenvalue weighted by Crippen LogP contribution is -2.48. The van der Waals surface area contributed by atoms with E-state index in [0.717, 1.165) is 63.7 Å². The number of nitrogens with zero attached hydrogens (tertiary/aromatic N) is 6. The molecule has 2 aromatic carbocycles. The van der Waals surface area contributed by atoms with E-state index in [1.807, 2.05) is 16.8 Å². The van der Waals surface area contributed by atoms with Gasteiger partial charge in [-0.2, -0.15) is 0 Å². The summed E-state index contributed by atoms with van der Waals surface area (Å²) in [7, 11) is 1.70. The maximum absolute atomic E-state index is 5.86. The lowest BCUT2D eigenvalue weighted by atomic mass is 10.0. The molecule has 33 heavy (non-hydrogen) atoms. The molecule has 3 aromatic rings. The Morgan fingerprint density at radius 1 is 1.03 bits per heavy atom. The number of ether oxygens (including phenoxy) is 2. The third-order valence-corrected chi connectivity index (χ3v) is 6.66. The summed E-state index contributed by atoms with van der Waals surface area (Å²) in [5.41, 5.74) is 2.54. The second kappa shape index (κ2) is 10.4. The van der Waals surface area contributed by atoms with Crippen molar-refractivity contribution >= 4 is 0 Å². The molecule has 0 spiro atoms. The van der Waals surface area contributed by atoms with E-state index in [1.165, 1.54) is 11.1 Å². The molecule has 0 radical (unpaired) electrons. The minimum atomic E-state index is -0.00816. The molecule has 174 valence electrons. The topological polar surface area (TPSA) is 68.5 Å². The van der Waals surface area contributed by atoms with Gasteiger partial charge in [0.1, 0.15) is 5.75 Å². The molecule has 3 heterocycles. The van der Waals surface area contributed by atoms with Crippen LogP contribution in [0.3, 0.4) is 0 Å². The van der Waals surface area contributed by atoms with Gasteiger partial charge in [0.2, 0.25) is 0 Å². The number of aromatic nitrogens is 4. The molecular formula is C25H32N6O2. The molecule has 2 fully saturated rings. The van der Waals surface area contributed by atoms with Gasteiger partial charge in [-0.1, -0.05) is 42.5 Å². The van der Waals surface area contributed by atoms with Gasteiger partial charge < -0.3 is 9.47 Å². The summed E-state index contributed by atoms with van der Waals surface area (Å²) in [6, 6.07) is 19.0. The highest BCUT2D eigenvalue weighted by Gasteiger charge is 2.31. The number of piperazine rings is 1. The van der Waals surface area contributed by atoms with Crippen LogP contribution in [0.25, 0.3) is 0 Å². The fraction of sp³-hybridized carbons (Fsp3) is 0.480. The molecule has 0 unspecified atom stereocenters. The van der Waals surface area contributed by atoms with Crippen molar-refractivity contribution in [3.63, 3.8) is 0 Å². The van der Waals surface area contributed by atoms with Gasteiger partial charge in [0.25, 0.3) is 0 Å². The predicted octanol–water partition coefficient (Wildman–Crippen LogP) is 2.77. The number of benzene rings is 2. The van der Waals surface area contributed by atoms with Gasteiger partial charge in [-0.15, -0.1) is 5.10 Å². The molecule has 0 saturated carbocycles. The van der Waals surface area contributed by atoms with Crippen LogP contribution in [0, 0.1) is 0 Å². The van der Waals surface area contributed by atoms with Crippen molar-refractivity contribution in [3.05, 3.63) is 71.5 Å². The zero-order valence-corrected chi connectivity index (χ0v) is 19.2. The first kappa shape index (κ1) is 22.0. The van der Waals surface area contributed by atoms with Crippen molar-refractivity contribution in [1.82, 2.24) is 30.0 Å². The van der Waals surface area contributed by atoms with Crippen molar-refractivity contribution in [3.8, 4) is 5.75 Å². The number of rotatable bonds is 8. The van der Waals surface area contributed by atoms with Gasteiger partial charge in [0.05, 0.1) is 25.8 Å². The van der Waals surface area contributed by atoms with E-state index < -0.39 is 0 Å². The minimum absolute atomic E-state index is 0.00816. The van der Waals surface area contributed by atoms with Crippen LogP contribution >= 0.6 is 0 Å². The molecule has 8 heteroatoms. The zero-order chi connectivity index (χ0) is 22.5. The lowest BCUT2D eigenvalue weighted by Gasteiger charge is -2.39. The van der Waals surface area contributed by atoms with E-state index in [2.05, 4.69) is 67.8 Å². The quantitative estimate of drug-likeness (QED) is 0.525. The first-order valence-corrected chi connectivity index (χ1v) is 11.8. The third kappa shape index (κ3) is 5.24. The second-order valence-corrected chi connectivity index (χ2v) is 8.83. The molecule has 0 amide bonds. The van der Waals surface area contributed by atoms with Crippen molar-refractivity contribution in [2.45, 2.75) is 38.1 Å². The lowest BCUT2D eigenvalue weighted by molar-refractivity contribution is 0.0841. The van der Waals surface area contributed by atoms with E-state index in [0.29, 0.717) is 6.54 Å². The normalized spacial score (nSPS) is 20.7. The number of hydrogen-bond acceptors (Lipinski definition) is 7. The Morgan fingerprint density at radius 2 is 1.82 bits per heavy atom. The smallest absolute Gasteiger partial charge is 0.173 e. The number of tetrazole rings is 1. The summed E-state index contributed by atoms with van der Waals surface area (Å²) in [6.07, 6.45) is 2.35. The maximum Gasteiger partial charge on any atom is 0.173 e. The van der Waals surface area contributed by atoms with Gasteiger partial charge in [-0.25, -0.2) is 4.68 Å². The van der Waals surface area contributed by atoms with Crippen LogP contribution in [-0.2, 0) is 17.8 Å². The Balaban J connectivity index is 1.35.